The summed E-state index contributed by atoms with van der Waals surface area (Å²) < 4.78 is 69.1. The quantitative estimate of drug-likeness (QED) is 0.249. The number of hydrogen-bond donors (Lipinski definition) is 0. The van der Waals surface area contributed by atoms with Crippen molar-refractivity contribution in [3.05, 3.63) is 0 Å². The molecule has 0 aromatic carbocycles. The molecule has 0 spiro atoms. The van der Waals surface area contributed by atoms with Gasteiger partial charge in [0.25, 0.3) is 0 Å². The van der Waals surface area contributed by atoms with Crippen LogP contribution in [0.4, 0.5) is 0 Å². The van der Waals surface area contributed by atoms with Gasteiger partial charge in [-0.2, -0.15) is 0 Å². The van der Waals surface area contributed by atoms with Crippen LogP contribution in [0.3, 0.4) is 0 Å². The first-order chi connectivity index (χ1) is 4.00. The van der Waals surface area contributed by atoms with E-state index in [1.165, 1.54) is 0 Å². The summed E-state index contributed by atoms with van der Waals surface area (Å²) in [6.45, 7) is 0. The molecular formula is BaO8Re2. The molecule has 0 rings (SSSR count). The topological polar surface area (TPSA) is 149 Å². The summed E-state index contributed by atoms with van der Waals surface area (Å²) in [5.74, 6) is 0. The Bertz CT molecular complexity index is 296. The molecule has 0 fully saturated rings. The third-order valence-electron chi connectivity index (χ3n) is 0. The van der Waals surface area contributed by atoms with Crippen molar-refractivity contribution < 1.29 is 60.0 Å². The molecule has 0 aliphatic rings. The second-order valence-corrected chi connectivity index (χ2v) is 6.19. The van der Waals surface area contributed by atoms with E-state index < -0.39 is 31.6 Å². The van der Waals surface area contributed by atoms with Gasteiger partial charge in [-0.25, -0.2) is 0 Å². The van der Waals surface area contributed by atoms with E-state index in [1.54, 1.807) is 0 Å². The standard InChI is InChI=1S/Ba.8O.2Re/q+2;;;;;;;2*-1;;. The molecule has 0 aliphatic heterocycles. The van der Waals surface area contributed by atoms with Crippen LogP contribution in [0, 0.1) is 0 Å². The maximum absolute atomic E-state index is 8.64. The summed E-state index contributed by atoms with van der Waals surface area (Å²) >= 11 is -12.2. The summed E-state index contributed by atoms with van der Waals surface area (Å²) in [4.78, 5) is 0. The van der Waals surface area contributed by atoms with Crippen molar-refractivity contribution >= 4 is 48.9 Å². The summed E-state index contributed by atoms with van der Waals surface area (Å²) in [5.41, 5.74) is 0. The van der Waals surface area contributed by atoms with Crippen LogP contribution < -0.4 is 7.66 Å². The molecule has 0 aromatic heterocycles. The Morgan fingerprint density at radius 1 is 0.636 bits per heavy atom. The van der Waals surface area contributed by atoms with Crippen LogP contribution >= 0.6 is 0 Å². The van der Waals surface area contributed by atoms with Gasteiger partial charge in [0.1, 0.15) is 0 Å². The van der Waals surface area contributed by atoms with Gasteiger partial charge < -0.3 is 0 Å². The summed E-state index contributed by atoms with van der Waals surface area (Å²) in [7, 11) is 0. The predicted molar refractivity (Wildman–Crippen MR) is 9.87 cm³/mol. The van der Waals surface area contributed by atoms with Crippen LogP contribution in [-0.4, -0.2) is 48.9 Å². The third-order valence-corrected chi connectivity index (χ3v) is 0. The summed E-state index contributed by atoms with van der Waals surface area (Å²) in [5, 5.41) is 0. The molecular weight excluding hydrogens is 638 g/mol. The van der Waals surface area contributed by atoms with Crippen molar-refractivity contribution in [2.75, 3.05) is 0 Å². The van der Waals surface area contributed by atoms with E-state index >= 15 is 0 Å². The van der Waals surface area contributed by atoms with Gasteiger partial charge in [0, 0.05) is 0 Å². The van der Waals surface area contributed by atoms with Crippen LogP contribution in [0.25, 0.3) is 0 Å². The fourth-order valence-electron chi connectivity index (χ4n) is 0. The van der Waals surface area contributed by atoms with Crippen LogP contribution in [-0.2, 0) is 52.4 Å². The second kappa shape index (κ2) is 7.06. The molecule has 0 heterocycles. The zero-order valence-corrected chi connectivity index (χ0v) is 14.6. The SMILES string of the molecule is [Ba+2].[O]=[Re](=[O])(=[O])[O-].[O]=[Re](=[O])(=[O])[O-]. The first-order valence-electron chi connectivity index (χ1n) is 1.23. The molecule has 0 N–H and O–H groups in total. The third kappa shape index (κ3) is 411. The van der Waals surface area contributed by atoms with Crippen LogP contribution in [0.1, 0.15) is 0 Å². The van der Waals surface area contributed by atoms with E-state index in [4.69, 9.17) is 28.5 Å². The Balaban J connectivity index is -0.000000107. The van der Waals surface area contributed by atoms with E-state index in [0.29, 0.717) is 0 Å². The van der Waals surface area contributed by atoms with Crippen LogP contribution in [0.2, 0.25) is 0 Å². The molecule has 0 radical (unpaired) electrons. The fourth-order valence-corrected chi connectivity index (χ4v) is 0. The molecule has 11 heavy (non-hydrogen) atoms. The minimum atomic E-state index is -6.11. The molecule has 64 valence electrons. The normalized spacial score (nSPS) is 10.4. The monoisotopic (exact) mass is 640 g/mol. The maximum atomic E-state index is 8.64. The number of rotatable bonds is 0. The van der Waals surface area contributed by atoms with Crippen molar-refractivity contribution in [3.63, 3.8) is 0 Å². The van der Waals surface area contributed by atoms with Gasteiger partial charge >= 0.3 is 109 Å². The molecule has 8 nitrogen and oxygen atoms in total. The first-order valence-corrected chi connectivity index (χ1v) is 10.1. The van der Waals surface area contributed by atoms with E-state index in [9.17, 15) is 0 Å². The number of hydrogen-bond acceptors (Lipinski definition) is 8. The van der Waals surface area contributed by atoms with Crippen molar-refractivity contribution in [2.24, 2.45) is 0 Å². The zero-order chi connectivity index (χ0) is 9.00. The summed E-state index contributed by atoms with van der Waals surface area (Å²) in [6.07, 6.45) is 0. The average Bonchev–Trinajstić information content (AvgIpc) is 1.12. The molecule has 0 aliphatic carbocycles. The van der Waals surface area contributed by atoms with Gasteiger partial charge in [-0.1, -0.05) is 0 Å². The Morgan fingerprint density at radius 3 is 0.636 bits per heavy atom. The Hall–Kier alpha value is 1.62. The minimum absolute atomic E-state index is 0. The van der Waals surface area contributed by atoms with Gasteiger partial charge in [-0.15, -0.1) is 0 Å². The molecule has 0 amide bonds. The second-order valence-electron chi connectivity index (χ2n) is 0.756. The van der Waals surface area contributed by atoms with Crippen molar-refractivity contribution in [3.8, 4) is 0 Å². The summed E-state index contributed by atoms with van der Waals surface area (Å²) in [6, 6.07) is 0. The predicted octanol–water partition coefficient (Wildman–Crippen LogP) is -3.48. The van der Waals surface area contributed by atoms with Gasteiger partial charge in [0.05, 0.1) is 0 Å². The van der Waals surface area contributed by atoms with Gasteiger partial charge in [-0.05, 0) is 0 Å². The molecule has 0 bridgehead atoms. The average molecular weight is 638 g/mol. The Labute approximate surface area is 107 Å². The van der Waals surface area contributed by atoms with Gasteiger partial charge in [-0.3, -0.25) is 0 Å². The molecule has 0 saturated carbocycles. The van der Waals surface area contributed by atoms with E-state index in [2.05, 4.69) is 0 Å². The molecule has 0 atom stereocenters. The van der Waals surface area contributed by atoms with Crippen LogP contribution in [0.5, 0.6) is 0 Å². The fraction of sp³-hybridized carbons (Fsp3) is 0. The molecule has 0 aromatic rings. The van der Waals surface area contributed by atoms with E-state index in [-0.39, 0.29) is 48.9 Å². The molecule has 11 heteroatoms. The molecule has 0 saturated heterocycles. The van der Waals surface area contributed by atoms with Gasteiger partial charge in [0.2, 0.25) is 0 Å². The Morgan fingerprint density at radius 2 is 0.636 bits per heavy atom. The van der Waals surface area contributed by atoms with E-state index in [1.807, 2.05) is 0 Å². The molecule has 0 unspecified atom stereocenters. The van der Waals surface area contributed by atoms with Crippen LogP contribution in [0.15, 0.2) is 0 Å². The zero-order valence-electron chi connectivity index (χ0n) is 4.73. The van der Waals surface area contributed by atoms with Crippen molar-refractivity contribution in [1.29, 1.82) is 0 Å². The van der Waals surface area contributed by atoms with Crippen molar-refractivity contribution in [2.45, 2.75) is 0 Å². The first kappa shape index (κ1) is 18.4. The van der Waals surface area contributed by atoms with Gasteiger partial charge in [0.15, 0.2) is 0 Å². The van der Waals surface area contributed by atoms with Crippen molar-refractivity contribution in [1.82, 2.24) is 0 Å². The van der Waals surface area contributed by atoms with E-state index in [0.717, 1.165) is 0 Å². The Kier molecular flexibility index (Phi) is 11.8.